The van der Waals surface area contributed by atoms with Crippen LogP contribution in [0, 0.1) is 24.4 Å². The van der Waals surface area contributed by atoms with Gasteiger partial charge in [0.25, 0.3) is 0 Å². The quantitative estimate of drug-likeness (QED) is 0.559. The monoisotopic (exact) mass is 339 g/mol. The van der Waals surface area contributed by atoms with Gasteiger partial charge in [0.1, 0.15) is 17.5 Å². The van der Waals surface area contributed by atoms with E-state index in [9.17, 15) is 13.2 Å². The summed E-state index contributed by atoms with van der Waals surface area (Å²) >= 11 is 0. The average Bonchev–Trinajstić information content (AvgIpc) is 2.59. The van der Waals surface area contributed by atoms with E-state index < -0.39 is 17.5 Å². The molecule has 0 aliphatic rings. The fraction of sp³-hybridized carbons (Fsp3) is 0.100. The van der Waals surface area contributed by atoms with Crippen molar-refractivity contribution in [3.63, 3.8) is 0 Å². The molecule has 0 N–H and O–H groups in total. The van der Waals surface area contributed by atoms with Crippen LogP contribution in [0.15, 0.2) is 54.6 Å². The largest absolute Gasteiger partial charge is 0.207 e. The summed E-state index contributed by atoms with van der Waals surface area (Å²) in [6.07, 6.45) is 0. The Kier molecular flexibility index (Phi) is 4.58. The molecule has 4 heteroatoms. The third kappa shape index (κ3) is 3.15. The Balaban J connectivity index is 2.00. The molecule has 0 aliphatic heterocycles. The second kappa shape index (κ2) is 6.65. The Bertz CT molecular complexity index is 863. The van der Waals surface area contributed by atoms with Crippen LogP contribution in [0.5, 0.6) is 0 Å². The molecule has 3 rings (SSSR count). The molecular formula is C20H14F3Si. The first-order valence-electron chi connectivity index (χ1n) is 7.49. The fourth-order valence-corrected chi connectivity index (χ4v) is 2.78. The normalized spacial score (nSPS) is 10.9. The molecule has 0 aliphatic carbocycles. The standard InChI is InChI=1S/C20H14F3Si/c1-12-18(21)9-16(10-19(12)22)17-7-6-15(8-20(17)23)14-4-2-13(11-24)3-5-14/h2-10H,11H2,1H3. The van der Waals surface area contributed by atoms with E-state index in [1.165, 1.54) is 13.0 Å². The Hall–Kier alpha value is -2.33. The number of rotatable bonds is 3. The van der Waals surface area contributed by atoms with Crippen LogP contribution < -0.4 is 0 Å². The molecule has 3 aromatic carbocycles. The zero-order valence-corrected chi connectivity index (χ0v) is 14.0. The minimum Gasteiger partial charge on any atom is -0.207 e. The van der Waals surface area contributed by atoms with E-state index in [1.807, 2.05) is 24.3 Å². The maximum Gasteiger partial charge on any atom is 0.131 e. The zero-order chi connectivity index (χ0) is 17.3. The molecule has 0 saturated carbocycles. The maximum absolute atomic E-state index is 14.5. The summed E-state index contributed by atoms with van der Waals surface area (Å²) in [6, 6.07) is 15.5. The first kappa shape index (κ1) is 16.5. The maximum atomic E-state index is 14.5. The molecule has 0 spiro atoms. The van der Waals surface area contributed by atoms with Gasteiger partial charge in [0, 0.05) is 21.4 Å². The van der Waals surface area contributed by atoms with Crippen molar-refractivity contribution in [2.75, 3.05) is 0 Å². The van der Waals surface area contributed by atoms with E-state index in [0.717, 1.165) is 29.3 Å². The van der Waals surface area contributed by atoms with Crippen LogP contribution in [0.2, 0.25) is 0 Å². The lowest BCUT2D eigenvalue weighted by molar-refractivity contribution is 0.568. The Morgan fingerprint density at radius 3 is 1.79 bits per heavy atom. The van der Waals surface area contributed by atoms with Crippen LogP contribution in [0.3, 0.4) is 0 Å². The highest BCUT2D eigenvalue weighted by Gasteiger charge is 2.12. The number of benzene rings is 3. The average molecular weight is 339 g/mol. The van der Waals surface area contributed by atoms with Crippen LogP contribution >= 0.6 is 0 Å². The Morgan fingerprint density at radius 2 is 1.25 bits per heavy atom. The van der Waals surface area contributed by atoms with Crippen molar-refractivity contribution in [2.24, 2.45) is 0 Å². The highest BCUT2D eigenvalue weighted by atomic mass is 28.1. The molecule has 0 heterocycles. The van der Waals surface area contributed by atoms with E-state index in [0.29, 0.717) is 5.56 Å². The van der Waals surface area contributed by atoms with Crippen LogP contribution in [-0.2, 0) is 6.04 Å². The molecule has 3 aromatic rings. The van der Waals surface area contributed by atoms with Gasteiger partial charge in [-0.05, 0) is 47.9 Å². The molecule has 0 aromatic heterocycles. The minimum absolute atomic E-state index is 0.0671. The third-order valence-electron chi connectivity index (χ3n) is 4.05. The van der Waals surface area contributed by atoms with Gasteiger partial charge in [-0.25, -0.2) is 13.2 Å². The van der Waals surface area contributed by atoms with Crippen LogP contribution in [-0.4, -0.2) is 10.2 Å². The van der Waals surface area contributed by atoms with Gasteiger partial charge in [0.15, 0.2) is 0 Å². The smallest absolute Gasteiger partial charge is 0.131 e. The molecule has 0 atom stereocenters. The van der Waals surface area contributed by atoms with Crippen molar-refractivity contribution in [3.05, 3.63) is 83.2 Å². The van der Waals surface area contributed by atoms with Gasteiger partial charge in [-0.15, -0.1) is 0 Å². The van der Waals surface area contributed by atoms with E-state index in [1.54, 1.807) is 12.1 Å². The van der Waals surface area contributed by atoms with Gasteiger partial charge >= 0.3 is 0 Å². The van der Waals surface area contributed by atoms with Gasteiger partial charge in [0.2, 0.25) is 0 Å². The second-order valence-corrected chi connectivity index (χ2v) is 5.99. The molecule has 119 valence electrons. The topological polar surface area (TPSA) is 0 Å². The van der Waals surface area contributed by atoms with Gasteiger partial charge < -0.3 is 0 Å². The SMILES string of the molecule is Cc1c(F)cc(-c2ccc(-c3ccc(C[Si])cc3)cc2F)cc1F. The molecule has 24 heavy (non-hydrogen) atoms. The van der Waals surface area contributed by atoms with Crippen molar-refractivity contribution >= 4 is 10.2 Å². The van der Waals surface area contributed by atoms with Crippen LogP contribution in [0.4, 0.5) is 13.2 Å². The molecule has 0 bridgehead atoms. The van der Waals surface area contributed by atoms with E-state index in [-0.39, 0.29) is 16.7 Å². The highest BCUT2D eigenvalue weighted by Crippen LogP contribution is 2.30. The minimum atomic E-state index is -0.682. The molecule has 0 fully saturated rings. The van der Waals surface area contributed by atoms with E-state index in [2.05, 4.69) is 10.2 Å². The first-order valence-corrected chi connectivity index (χ1v) is 8.20. The summed E-state index contributed by atoms with van der Waals surface area (Å²) < 4.78 is 41.9. The lowest BCUT2D eigenvalue weighted by Gasteiger charge is -2.09. The molecule has 3 radical (unpaired) electrons. The summed E-state index contributed by atoms with van der Waals surface area (Å²) in [5.41, 5.74) is 3.01. The predicted octanol–water partition coefficient (Wildman–Crippen LogP) is 5.41. The second-order valence-electron chi connectivity index (χ2n) is 5.63. The van der Waals surface area contributed by atoms with E-state index in [4.69, 9.17) is 0 Å². The van der Waals surface area contributed by atoms with Crippen molar-refractivity contribution < 1.29 is 13.2 Å². The first-order chi connectivity index (χ1) is 11.5. The Labute approximate surface area is 142 Å². The van der Waals surface area contributed by atoms with Crippen molar-refractivity contribution in [2.45, 2.75) is 13.0 Å². The molecule has 0 amide bonds. The molecule has 0 saturated heterocycles. The van der Waals surface area contributed by atoms with Crippen LogP contribution in [0.1, 0.15) is 11.1 Å². The lowest BCUT2D eigenvalue weighted by Crippen LogP contribution is -1.93. The molecule has 0 unspecified atom stereocenters. The number of hydrogen-bond donors (Lipinski definition) is 0. The van der Waals surface area contributed by atoms with Crippen molar-refractivity contribution in [1.82, 2.24) is 0 Å². The summed E-state index contributed by atoms with van der Waals surface area (Å²) in [7, 11) is 3.43. The summed E-state index contributed by atoms with van der Waals surface area (Å²) in [5, 5.41) is 0. The lowest BCUT2D eigenvalue weighted by atomic mass is 9.98. The van der Waals surface area contributed by atoms with Crippen molar-refractivity contribution in [3.8, 4) is 22.3 Å². The van der Waals surface area contributed by atoms with Gasteiger partial charge in [-0.1, -0.05) is 42.0 Å². The molecule has 0 nitrogen and oxygen atoms in total. The summed E-state index contributed by atoms with van der Waals surface area (Å²) in [4.78, 5) is 0. The van der Waals surface area contributed by atoms with Gasteiger partial charge in [0.05, 0.1) is 0 Å². The zero-order valence-electron chi connectivity index (χ0n) is 13.0. The number of hydrogen-bond acceptors (Lipinski definition) is 0. The van der Waals surface area contributed by atoms with E-state index >= 15 is 0 Å². The van der Waals surface area contributed by atoms with Gasteiger partial charge in [-0.3, -0.25) is 0 Å². The third-order valence-corrected chi connectivity index (χ3v) is 4.46. The summed E-state index contributed by atoms with van der Waals surface area (Å²) in [5.74, 6) is -1.88. The van der Waals surface area contributed by atoms with Crippen molar-refractivity contribution in [1.29, 1.82) is 0 Å². The summed E-state index contributed by atoms with van der Waals surface area (Å²) in [6.45, 7) is 1.35. The van der Waals surface area contributed by atoms with Gasteiger partial charge in [-0.2, -0.15) is 0 Å². The fourth-order valence-electron chi connectivity index (χ4n) is 2.54. The highest BCUT2D eigenvalue weighted by molar-refractivity contribution is 6.08. The number of halogens is 3. The Morgan fingerprint density at radius 1 is 0.708 bits per heavy atom. The van der Waals surface area contributed by atoms with Crippen LogP contribution in [0.25, 0.3) is 22.3 Å². The molecular weight excluding hydrogens is 325 g/mol. The predicted molar refractivity (Wildman–Crippen MR) is 91.4 cm³/mol.